The maximum atomic E-state index is 12.5. The van der Waals surface area contributed by atoms with Gasteiger partial charge >= 0.3 is 5.97 Å². The average molecular weight is 487 g/mol. The van der Waals surface area contributed by atoms with Crippen molar-refractivity contribution in [1.82, 2.24) is 9.80 Å². The molecule has 164 valence electrons. The van der Waals surface area contributed by atoms with Gasteiger partial charge in [0.05, 0.1) is 28.7 Å². The first-order valence-electron chi connectivity index (χ1n) is 9.27. The lowest BCUT2D eigenvalue weighted by Crippen LogP contribution is -2.65. The zero-order valence-corrected chi connectivity index (χ0v) is 19.4. The van der Waals surface area contributed by atoms with Crippen LogP contribution in [0.25, 0.3) is 0 Å². The standard InChI is InChI=1S/C19H25Cl2N3O3.2ClH/c1-13(25)19-17(11-22-6-2-3-7-22)24(9-8-23(19)12-18(26)27)14-4-5-15(20)16(21)10-14;;/h4-5,10,17,19H,2-3,6-9,11-12H2,1H3,(H,26,27);2*1H/t17?,19-;;/m0../s1. The van der Waals surface area contributed by atoms with Crippen LogP contribution in [0.3, 0.4) is 0 Å². The molecule has 2 aliphatic heterocycles. The summed E-state index contributed by atoms with van der Waals surface area (Å²) in [5, 5.41) is 10.2. The number of likely N-dealkylation sites (tertiary alicyclic amines) is 1. The molecule has 10 heteroatoms. The second kappa shape index (κ2) is 11.6. The van der Waals surface area contributed by atoms with Gasteiger partial charge in [-0.1, -0.05) is 23.2 Å². The minimum Gasteiger partial charge on any atom is -0.480 e. The lowest BCUT2D eigenvalue weighted by atomic mass is 9.96. The summed E-state index contributed by atoms with van der Waals surface area (Å²) < 4.78 is 0. The zero-order valence-electron chi connectivity index (χ0n) is 16.2. The van der Waals surface area contributed by atoms with Crippen LogP contribution >= 0.6 is 48.0 Å². The highest BCUT2D eigenvalue weighted by molar-refractivity contribution is 6.42. The molecule has 0 spiro atoms. The first-order valence-corrected chi connectivity index (χ1v) is 10.0. The van der Waals surface area contributed by atoms with E-state index >= 15 is 0 Å². The van der Waals surface area contributed by atoms with Crippen LogP contribution < -0.4 is 4.90 Å². The molecule has 2 heterocycles. The summed E-state index contributed by atoms with van der Waals surface area (Å²) in [6.45, 7) is 5.30. The van der Waals surface area contributed by atoms with Crippen LogP contribution in [0.2, 0.25) is 10.0 Å². The minimum absolute atomic E-state index is 0. The smallest absolute Gasteiger partial charge is 0.317 e. The molecule has 29 heavy (non-hydrogen) atoms. The maximum absolute atomic E-state index is 12.5. The number of rotatable bonds is 6. The summed E-state index contributed by atoms with van der Waals surface area (Å²) in [5.74, 6) is -0.922. The number of piperazine rings is 1. The van der Waals surface area contributed by atoms with Crippen LogP contribution in [0, 0.1) is 0 Å². The van der Waals surface area contributed by atoms with Crippen LogP contribution in [-0.4, -0.2) is 78.0 Å². The van der Waals surface area contributed by atoms with Gasteiger partial charge in [-0.2, -0.15) is 0 Å². The van der Waals surface area contributed by atoms with Gasteiger partial charge in [0.2, 0.25) is 0 Å². The summed E-state index contributed by atoms with van der Waals surface area (Å²) in [6, 6.07) is 4.90. The van der Waals surface area contributed by atoms with E-state index in [2.05, 4.69) is 9.80 Å². The Labute approximate surface area is 193 Å². The topological polar surface area (TPSA) is 64.1 Å². The molecule has 0 amide bonds. The fourth-order valence-electron chi connectivity index (χ4n) is 4.25. The number of hydrogen-bond acceptors (Lipinski definition) is 5. The van der Waals surface area contributed by atoms with Crippen molar-refractivity contribution in [2.75, 3.05) is 44.2 Å². The number of nitrogens with zero attached hydrogens (tertiary/aromatic N) is 3. The third-order valence-electron chi connectivity index (χ3n) is 5.42. The number of hydrogen-bond donors (Lipinski definition) is 1. The lowest BCUT2D eigenvalue weighted by molar-refractivity contribution is -0.140. The molecular weight excluding hydrogens is 460 g/mol. The Hall–Kier alpha value is -0.760. The van der Waals surface area contributed by atoms with Gasteiger partial charge in [-0.25, -0.2) is 0 Å². The van der Waals surface area contributed by atoms with Crippen molar-refractivity contribution in [3.05, 3.63) is 28.2 Å². The molecule has 0 saturated carbocycles. The number of halogens is 4. The molecular formula is C19H27Cl4N3O3. The van der Waals surface area contributed by atoms with Crippen LogP contribution in [0.5, 0.6) is 0 Å². The Morgan fingerprint density at radius 2 is 1.72 bits per heavy atom. The molecule has 2 fully saturated rings. The molecule has 0 bridgehead atoms. The predicted molar refractivity (Wildman–Crippen MR) is 121 cm³/mol. The Balaban J connectivity index is 0.00000210. The summed E-state index contributed by atoms with van der Waals surface area (Å²) in [6.07, 6.45) is 2.31. The van der Waals surface area contributed by atoms with Gasteiger partial charge in [0.25, 0.3) is 0 Å². The van der Waals surface area contributed by atoms with Crippen molar-refractivity contribution in [2.45, 2.75) is 31.8 Å². The molecule has 1 unspecified atom stereocenters. The molecule has 2 atom stereocenters. The number of benzene rings is 1. The summed E-state index contributed by atoms with van der Waals surface area (Å²) >= 11 is 12.3. The highest BCUT2D eigenvalue weighted by Gasteiger charge is 2.41. The molecule has 1 N–H and O–H groups in total. The molecule has 3 rings (SSSR count). The van der Waals surface area contributed by atoms with Gasteiger partial charge in [0.15, 0.2) is 0 Å². The van der Waals surface area contributed by atoms with Gasteiger partial charge in [-0.15, -0.1) is 24.8 Å². The molecule has 2 saturated heterocycles. The number of carboxylic acid groups (broad SMARTS) is 1. The van der Waals surface area contributed by atoms with E-state index in [1.807, 2.05) is 12.1 Å². The fourth-order valence-corrected chi connectivity index (χ4v) is 4.54. The molecule has 0 aromatic heterocycles. The van der Waals surface area contributed by atoms with E-state index in [9.17, 15) is 14.7 Å². The number of carboxylic acids is 1. The number of carbonyl (C=O) groups excluding carboxylic acids is 1. The van der Waals surface area contributed by atoms with E-state index in [1.165, 1.54) is 0 Å². The van der Waals surface area contributed by atoms with Gasteiger partial charge < -0.3 is 14.9 Å². The van der Waals surface area contributed by atoms with E-state index in [4.69, 9.17) is 23.2 Å². The second-order valence-electron chi connectivity index (χ2n) is 7.29. The van der Waals surface area contributed by atoms with Gasteiger partial charge in [-0.3, -0.25) is 14.5 Å². The molecule has 6 nitrogen and oxygen atoms in total. The van der Waals surface area contributed by atoms with E-state index in [0.717, 1.165) is 38.2 Å². The largest absolute Gasteiger partial charge is 0.480 e. The SMILES string of the molecule is CC(=O)[C@H]1C(CN2CCCC2)N(c2ccc(Cl)c(Cl)c2)CCN1CC(=O)O.Cl.Cl. The lowest BCUT2D eigenvalue weighted by Gasteiger charge is -2.48. The summed E-state index contributed by atoms with van der Waals surface area (Å²) in [4.78, 5) is 30.2. The van der Waals surface area contributed by atoms with E-state index in [-0.39, 0.29) is 43.2 Å². The summed E-state index contributed by atoms with van der Waals surface area (Å²) in [7, 11) is 0. The number of anilines is 1. The molecule has 0 radical (unpaired) electrons. The van der Waals surface area contributed by atoms with Gasteiger partial charge in [0.1, 0.15) is 5.78 Å². The van der Waals surface area contributed by atoms with E-state index in [1.54, 1.807) is 17.9 Å². The second-order valence-corrected chi connectivity index (χ2v) is 8.10. The molecule has 1 aromatic carbocycles. The Morgan fingerprint density at radius 3 is 2.28 bits per heavy atom. The third kappa shape index (κ3) is 6.36. The number of Topliss-reactive ketones (excluding diaryl/α,β-unsaturated/α-hetero) is 1. The van der Waals surface area contributed by atoms with Crippen LogP contribution in [0.4, 0.5) is 5.69 Å². The molecule has 1 aromatic rings. The Bertz CT molecular complexity index is 716. The minimum atomic E-state index is -0.913. The van der Waals surface area contributed by atoms with Crippen LogP contribution in [0.15, 0.2) is 18.2 Å². The van der Waals surface area contributed by atoms with E-state index < -0.39 is 12.0 Å². The van der Waals surface area contributed by atoms with E-state index in [0.29, 0.717) is 23.1 Å². The highest BCUT2D eigenvalue weighted by atomic mass is 35.5. The van der Waals surface area contributed by atoms with Gasteiger partial charge in [-0.05, 0) is 51.1 Å². The molecule has 0 aliphatic carbocycles. The van der Waals surface area contributed by atoms with Crippen molar-refractivity contribution >= 4 is 65.5 Å². The maximum Gasteiger partial charge on any atom is 0.317 e. The Morgan fingerprint density at radius 1 is 1.07 bits per heavy atom. The van der Waals surface area contributed by atoms with Crippen LogP contribution in [-0.2, 0) is 9.59 Å². The highest BCUT2D eigenvalue weighted by Crippen LogP contribution is 2.31. The number of carbonyl (C=O) groups is 2. The monoisotopic (exact) mass is 485 g/mol. The molecule has 2 aliphatic rings. The van der Waals surface area contributed by atoms with Crippen molar-refractivity contribution in [2.24, 2.45) is 0 Å². The summed E-state index contributed by atoms with van der Waals surface area (Å²) in [5.41, 5.74) is 0.912. The zero-order chi connectivity index (χ0) is 19.6. The van der Waals surface area contributed by atoms with Crippen molar-refractivity contribution in [3.63, 3.8) is 0 Å². The average Bonchev–Trinajstić information content (AvgIpc) is 3.10. The number of ketones is 1. The first-order chi connectivity index (χ1) is 12.9. The van der Waals surface area contributed by atoms with Gasteiger partial charge in [0, 0.05) is 25.3 Å². The van der Waals surface area contributed by atoms with Crippen molar-refractivity contribution in [1.29, 1.82) is 0 Å². The van der Waals surface area contributed by atoms with Crippen molar-refractivity contribution < 1.29 is 14.7 Å². The third-order valence-corrected chi connectivity index (χ3v) is 6.16. The first kappa shape index (κ1) is 26.3. The van der Waals surface area contributed by atoms with Crippen molar-refractivity contribution in [3.8, 4) is 0 Å². The Kier molecular flexibility index (Phi) is 10.5. The van der Waals surface area contributed by atoms with Crippen LogP contribution in [0.1, 0.15) is 19.8 Å². The normalized spacial score (nSPS) is 22.7. The quantitative estimate of drug-likeness (QED) is 0.664. The fraction of sp³-hybridized carbons (Fsp3) is 0.579. The number of aliphatic carboxylic acids is 1. The predicted octanol–water partition coefficient (Wildman–Crippen LogP) is 3.47.